The Bertz CT molecular complexity index is 461. The van der Waals surface area contributed by atoms with Gasteiger partial charge in [-0.25, -0.2) is 4.79 Å². The van der Waals surface area contributed by atoms with Crippen molar-refractivity contribution in [1.82, 2.24) is 10.6 Å². The number of hydrogen-bond acceptors (Lipinski definition) is 2. The van der Waals surface area contributed by atoms with E-state index in [0.29, 0.717) is 19.5 Å². The van der Waals surface area contributed by atoms with Gasteiger partial charge in [-0.1, -0.05) is 52.0 Å². The van der Waals surface area contributed by atoms with Crippen molar-refractivity contribution in [2.45, 2.75) is 59.1 Å². The number of hydrogen-bond donors (Lipinski definition) is 3. The Kier molecular flexibility index (Phi) is 6.88. The predicted octanol–water partition coefficient (Wildman–Crippen LogP) is 3.19. The molecule has 0 spiro atoms. The van der Waals surface area contributed by atoms with Crippen LogP contribution >= 0.6 is 0 Å². The fourth-order valence-electron chi connectivity index (χ4n) is 2.30. The summed E-state index contributed by atoms with van der Waals surface area (Å²) >= 11 is 0. The third-order valence-corrected chi connectivity index (χ3v) is 3.63. The Balaban J connectivity index is 2.35. The summed E-state index contributed by atoms with van der Waals surface area (Å²) < 4.78 is 0. The van der Waals surface area contributed by atoms with Crippen LogP contribution in [-0.4, -0.2) is 23.8 Å². The minimum Gasteiger partial charge on any atom is -0.393 e. The number of benzene rings is 1. The van der Waals surface area contributed by atoms with Gasteiger partial charge >= 0.3 is 6.03 Å². The minimum atomic E-state index is -0.332. The molecule has 1 rings (SSSR count). The highest BCUT2D eigenvalue weighted by Gasteiger charge is 2.13. The summed E-state index contributed by atoms with van der Waals surface area (Å²) in [5.41, 5.74) is 2.51. The van der Waals surface area contributed by atoms with Gasteiger partial charge in [0.15, 0.2) is 0 Å². The van der Waals surface area contributed by atoms with E-state index in [1.807, 2.05) is 6.92 Å². The third-order valence-electron chi connectivity index (χ3n) is 3.63. The van der Waals surface area contributed by atoms with Gasteiger partial charge in [0.05, 0.1) is 6.10 Å². The molecule has 2 atom stereocenters. The number of carbonyl (C=O) groups is 1. The molecule has 0 heterocycles. The van der Waals surface area contributed by atoms with E-state index in [-0.39, 0.29) is 23.5 Å². The van der Waals surface area contributed by atoms with E-state index in [4.69, 9.17) is 0 Å². The molecule has 0 radical (unpaired) electrons. The maximum atomic E-state index is 11.7. The quantitative estimate of drug-likeness (QED) is 0.756. The SMILES string of the molecule is CC(O)CC(C)CNC(=O)NCc1ccc(C(C)(C)C)cc1. The zero-order valence-corrected chi connectivity index (χ0v) is 14.4. The van der Waals surface area contributed by atoms with E-state index in [1.165, 1.54) is 5.56 Å². The second kappa shape index (κ2) is 8.18. The molecule has 2 amide bonds. The number of aliphatic hydroxyl groups excluding tert-OH is 1. The first-order valence-electron chi connectivity index (χ1n) is 7.97. The van der Waals surface area contributed by atoms with Crippen molar-refractivity contribution in [3.05, 3.63) is 35.4 Å². The van der Waals surface area contributed by atoms with E-state index in [2.05, 4.69) is 55.7 Å². The molecule has 4 nitrogen and oxygen atoms in total. The number of amides is 2. The first-order valence-corrected chi connectivity index (χ1v) is 7.97. The number of carbonyl (C=O) groups excluding carboxylic acids is 1. The Morgan fingerprint density at radius 3 is 2.23 bits per heavy atom. The van der Waals surface area contributed by atoms with Crippen LogP contribution in [0.2, 0.25) is 0 Å². The zero-order valence-electron chi connectivity index (χ0n) is 14.4. The Hall–Kier alpha value is -1.55. The van der Waals surface area contributed by atoms with E-state index < -0.39 is 0 Å². The predicted molar refractivity (Wildman–Crippen MR) is 90.8 cm³/mol. The second-order valence-electron chi connectivity index (χ2n) is 7.20. The zero-order chi connectivity index (χ0) is 16.8. The minimum absolute atomic E-state index is 0.142. The third kappa shape index (κ3) is 6.94. The summed E-state index contributed by atoms with van der Waals surface area (Å²) in [6.07, 6.45) is 0.357. The molecule has 3 N–H and O–H groups in total. The van der Waals surface area contributed by atoms with Crippen LogP contribution in [0.15, 0.2) is 24.3 Å². The van der Waals surface area contributed by atoms with Crippen molar-refractivity contribution < 1.29 is 9.90 Å². The fourth-order valence-corrected chi connectivity index (χ4v) is 2.30. The van der Waals surface area contributed by atoms with Crippen molar-refractivity contribution in [2.75, 3.05) is 6.54 Å². The molecule has 22 heavy (non-hydrogen) atoms. The smallest absolute Gasteiger partial charge is 0.315 e. The summed E-state index contributed by atoms with van der Waals surface area (Å²) in [6.45, 7) is 11.4. The van der Waals surface area contributed by atoms with Crippen LogP contribution in [-0.2, 0) is 12.0 Å². The van der Waals surface area contributed by atoms with Crippen LogP contribution in [0.25, 0.3) is 0 Å². The lowest BCUT2D eigenvalue weighted by atomic mass is 9.87. The van der Waals surface area contributed by atoms with Crippen LogP contribution in [0, 0.1) is 5.92 Å². The molecule has 0 aliphatic carbocycles. The molecule has 0 saturated heterocycles. The first kappa shape index (κ1) is 18.5. The first-order chi connectivity index (χ1) is 10.2. The summed E-state index contributed by atoms with van der Waals surface area (Å²) in [4.78, 5) is 11.7. The van der Waals surface area contributed by atoms with E-state index in [1.54, 1.807) is 6.92 Å². The lowest BCUT2D eigenvalue weighted by Gasteiger charge is -2.19. The number of urea groups is 1. The maximum Gasteiger partial charge on any atom is 0.315 e. The standard InChI is InChI=1S/C18H30N2O2/c1-13(10-14(2)21)11-19-17(22)20-12-15-6-8-16(9-7-15)18(3,4)5/h6-9,13-14,21H,10-12H2,1-5H3,(H2,19,20,22). The van der Waals surface area contributed by atoms with Gasteiger partial charge in [-0.2, -0.15) is 0 Å². The summed E-state index contributed by atoms with van der Waals surface area (Å²) in [6, 6.07) is 8.16. The largest absolute Gasteiger partial charge is 0.393 e. The van der Waals surface area contributed by atoms with E-state index >= 15 is 0 Å². The van der Waals surface area contributed by atoms with Crippen molar-refractivity contribution in [3.8, 4) is 0 Å². The Morgan fingerprint density at radius 1 is 1.14 bits per heavy atom. The van der Waals surface area contributed by atoms with Gasteiger partial charge in [-0.3, -0.25) is 0 Å². The lowest BCUT2D eigenvalue weighted by Crippen LogP contribution is -2.37. The highest BCUT2D eigenvalue weighted by Crippen LogP contribution is 2.22. The molecule has 1 aromatic rings. The topological polar surface area (TPSA) is 61.4 Å². The summed E-state index contributed by atoms with van der Waals surface area (Å²) in [7, 11) is 0. The van der Waals surface area contributed by atoms with Crippen molar-refractivity contribution >= 4 is 6.03 Å². The van der Waals surface area contributed by atoms with Crippen molar-refractivity contribution in [1.29, 1.82) is 0 Å². The van der Waals surface area contributed by atoms with Crippen molar-refractivity contribution in [3.63, 3.8) is 0 Å². The highest BCUT2D eigenvalue weighted by molar-refractivity contribution is 5.73. The molecule has 2 unspecified atom stereocenters. The number of nitrogens with one attached hydrogen (secondary N) is 2. The van der Waals surface area contributed by atoms with Gasteiger partial charge in [0.2, 0.25) is 0 Å². The van der Waals surface area contributed by atoms with E-state index in [9.17, 15) is 9.90 Å². The van der Waals surface area contributed by atoms with E-state index in [0.717, 1.165) is 5.56 Å². The Labute approximate surface area is 134 Å². The number of aliphatic hydroxyl groups is 1. The van der Waals surface area contributed by atoms with Gasteiger partial charge in [0, 0.05) is 13.1 Å². The van der Waals surface area contributed by atoms with Crippen LogP contribution in [0.5, 0.6) is 0 Å². The molecule has 0 fully saturated rings. The summed E-state index contributed by atoms with van der Waals surface area (Å²) in [5.74, 6) is 0.261. The molecular weight excluding hydrogens is 276 g/mol. The highest BCUT2D eigenvalue weighted by atomic mass is 16.3. The van der Waals surface area contributed by atoms with Gasteiger partial charge in [0.1, 0.15) is 0 Å². The molecule has 0 aliphatic heterocycles. The molecule has 0 bridgehead atoms. The monoisotopic (exact) mass is 306 g/mol. The average molecular weight is 306 g/mol. The van der Waals surface area contributed by atoms with Gasteiger partial charge in [0.25, 0.3) is 0 Å². The molecular formula is C18H30N2O2. The van der Waals surface area contributed by atoms with Crippen LogP contribution < -0.4 is 10.6 Å². The lowest BCUT2D eigenvalue weighted by molar-refractivity contribution is 0.163. The molecule has 4 heteroatoms. The molecule has 0 aliphatic rings. The molecule has 0 saturated carbocycles. The normalized spacial score (nSPS) is 14.3. The second-order valence-corrected chi connectivity index (χ2v) is 7.20. The van der Waals surface area contributed by atoms with Crippen LogP contribution in [0.3, 0.4) is 0 Å². The van der Waals surface area contributed by atoms with Gasteiger partial charge in [-0.15, -0.1) is 0 Å². The van der Waals surface area contributed by atoms with Crippen LogP contribution in [0.4, 0.5) is 4.79 Å². The fraction of sp³-hybridized carbons (Fsp3) is 0.611. The molecule has 1 aromatic carbocycles. The maximum absolute atomic E-state index is 11.7. The number of rotatable bonds is 6. The average Bonchev–Trinajstić information content (AvgIpc) is 2.41. The molecule has 0 aromatic heterocycles. The van der Waals surface area contributed by atoms with Crippen LogP contribution in [0.1, 0.15) is 52.2 Å². The van der Waals surface area contributed by atoms with Crippen molar-refractivity contribution in [2.24, 2.45) is 5.92 Å². The summed E-state index contributed by atoms with van der Waals surface area (Å²) in [5, 5.41) is 15.0. The van der Waals surface area contributed by atoms with Gasteiger partial charge < -0.3 is 15.7 Å². The van der Waals surface area contributed by atoms with Gasteiger partial charge in [-0.05, 0) is 35.8 Å². The Morgan fingerprint density at radius 2 is 1.73 bits per heavy atom. The molecule has 124 valence electrons.